The smallest absolute Gasteiger partial charge is 0.0538 e. The summed E-state index contributed by atoms with van der Waals surface area (Å²) in [6.07, 6.45) is 2.96. The van der Waals surface area contributed by atoms with E-state index in [-0.39, 0.29) is 0 Å². The molecule has 1 aromatic heterocycles. The van der Waals surface area contributed by atoms with Crippen LogP contribution in [0.4, 0.5) is 0 Å². The van der Waals surface area contributed by atoms with E-state index in [1.54, 1.807) is 0 Å². The van der Waals surface area contributed by atoms with E-state index < -0.39 is 0 Å². The van der Waals surface area contributed by atoms with Crippen LogP contribution in [0.5, 0.6) is 0 Å². The molecule has 3 nitrogen and oxygen atoms in total. The zero-order chi connectivity index (χ0) is 11.7. The maximum atomic E-state index is 5.69. The molecule has 0 saturated heterocycles. The molecular formula is C13H15N3S. The summed E-state index contributed by atoms with van der Waals surface area (Å²) in [4.78, 5) is 1.42. The largest absolute Gasteiger partial charge is 0.325 e. The molecule has 17 heavy (non-hydrogen) atoms. The second-order valence-electron chi connectivity index (χ2n) is 4.26. The maximum Gasteiger partial charge on any atom is 0.0538 e. The number of hydrogen-bond acceptors (Lipinski definition) is 3. The van der Waals surface area contributed by atoms with E-state index in [0.29, 0.717) is 11.8 Å². The summed E-state index contributed by atoms with van der Waals surface area (Å²) in [5.41, 5.74) is 8.26. The predicted octanol–water partition coefficient (Wildman–Crippen LogP) is 2.06. The number of benzene rings is 1. The Hall–Kier alpha value is -1.26. The van der Waals surface area contributed by atoms with E-state index in [4.69, 9.17) is 5.73 Å². The standard InChI is InChI=1S/C13H15N3S/c14-8-11-5-6-15-16(11)9-12-7-10-3-1-2-4-13(10)17-12/h1-6,12H,7-9,14H2. The fourth-order valence-electron chi connectivity index (χ4n) is 2.25. The predicted molar refractivity (Wildman–Crippen MR) is 69.9 cm³/mol. The topological polar surface area (TPSA) is 43.8 Å². The maximum absolute atomic E-state index is 5.69. The van der Waals surface area contributed by atoms with Gasteiger partial charge in [0.2, 0.25) is 0 Å². The highest BCUT2D eigenvalue weighted by molar-refractivity contribution is 8.00. The van der Waals surface area contributed by atoms with Crippen molar-refractivity contribution in [1.29, 1.82) is 0 Å². The molecule has 4 heteroatoms. The molecule has 1 unspecified atom stereocenters. The Balaban J connectivity index is 1.74. The van der Waals surface area contributed by atoms with E-state index in [1.165, 1.54) is 10.5 Å². The summed E-state index contributed by atoms with van der Waals surface area (Å²) in [6, 6.07) is 10.6. The van der Waals surface area contributed by atoms with Gasteiger partial charge in [-0.2, -0.15) is 5.10 Å². The van der Waals surface area contributed by atoms with Gasteiger partial charge in [0, 0.05) is 22.9 Å². The molecule has 0 aliphatic carbocycles. The summed E-state index contributed by atoms with van der Waals surface area (Å²) in [5, 5.41) is 4.92. The average molecular weight is 245 g/mol. The minimum absolute atomic E-state index is 0.560. The molecule has 1 atom stereocenters. The third-order valence-electron chi connectivity index (χ3n) is 3.10. The third kappa shape index (κ3) is 2.10. The van der Waals surface area contributed by atoms with Crippen LogP contribution in [-0.2, 0) is 19.5 Å². The molecule has 1 aliphatic heterocycles. The van der Waals surface area contributed by atoms with Crippen molar-refractivity contribution < 1.29 is 0 Å². The number of hydrogen-bond donors (Lipinski definition) is 1. The van der Waals surface area contributed by atoms with Gasteiger partial charge in [0.25, 0.3) is 0 Å². The third-order valence-corrected chi connectivity index (χ3v) is 4.41. The number of thioether (sulfide) groups is 1. The van der Waals surface area contributed by atoms with Gasteiger partial charge in [0.15, 0.2) is 0 Å². The number of nitrogens with zero attached hydrogens (tertiary/aromatic N) is 2. The molecule has 0 saturated carbocycles. The first kappa shape index (κ1) is 10.9. The second kappa shape index (κ2) is 4.55. The molecule has 2 heterocycles. The van der Waals surface area contributed by atoms with Crippen LogP contribution in [0, 0.1) is 0 Å². The van der Waals surface area contributed by atoms with Gasteiger partial charge < -0.3 is 5.73 Å². The summed E-state index contributed by atoms with van der Waals surface area (Å²) in [6.45, 7) is 1.50. The van der Waals surface area contributed by atoms with Crippen molar-refractivity contribution in [2.75, 3.05) is 0 Å². The lowest BCUT2D eigenvalue weighted by Crippen LogP contribution is -2.17. The van der Waals surface area contributed by atoms with Crippen molar-refractivity contribution in [3.05, 3.63) is 47.8 Å². The quantitative estimate of drug-likeness (QED) is 0.900. The second-order valence-corrected chi connectivity index (χ2v) is 5.60. The molecule has 2 N–H and O–H groups in total. The summed E-state index contributed by atoms with van der Waals surface area (Å²) >= 11 is 1.95. The van der Waals surface area contributed by atoms with Crippen molar-refractivity contribution >= 4 is 11.8 Å². The highest BCUT2D eigenvalue weighted by Gasteiger charge is 2.22. The molecule has 0 amide bonds. The van der Waals surface area contributed by atoms with Gasteiger partial charge in [-0.15, -0.1) is 11.8 Å². The number of aromatic nitrogens is 2. The Morgan fingerprint density at radius 1 is 1.35 bits per heavy atom. The van der Waals surface area contributed by atoms with Crippen molar-refractivity contribution in [1.82, 2.24) is 9.78 Å². The molecule has 1 aliphatic rings. The molecule has 2 aromatic rings. The van der Waals surface area contributed by atoms with E-state index in [0.717, 1.165) is 18.7 Å². The van der Waals surface area contributed by atoms with E-state index in [2.05, 4.69) is 29.4 Å². The van der Waals surface area contributed by atoms with Crippen molar-refractivity contribution in [2.24, 2.45) is 5.73 Å². The monoisotopic (exact) mass is 245 g/mol. The minimum Gasteiger partial charge on any atom is -0.325 e. The fraction of sp³-hybridized carbons (Fsp3) is 0.308. The van der Waals surface area contributed by atoms with Crippen LogP contribution in [0.3, 0.4) is 0 Å². The highest BCUT2D eigenvalue weighted by Crippen LogP contribution is 2.37. The Morgan fingerprint density at radius 2 is 2.24 bits per heavy atom. The van der Waals surface area contributed by atoms with Gasteiger partial charge in [0.05, 0.1) is 12.2 Å². The van der Waals surface area contributed by atoms with Gasteiger partial charge in [0.1, 0.15) is 0 Å². The van der Waals surface area contributed by atoms with Gasteiger partial charge in [-0.1, -0.05) is 18.2 Å². The molecule has 3 rings (SSSR count). The van der Waals surface area contributed by atoms with Gasteiger partial charge >= 0.3 is 0 Å². The van der Waals surface area contributed by atoms with Crippen LogP contribution >= 0.6 is 11.8 Å². The molecule has 0 spiro atoms. The van der Waals surface area contributed by atoms with Crippen LogP contribution in [-0.4, -0.2) is 15.0 Å². The zero-order valence-corrected chi connectivity index (χ0v) is 10.4. The molecular weight excluding hydrogens is 230 g/mol. The van der Waals surface area contributed by atoms with Crippen LogP contribution in [0.1, 0.15) is 11.3 Å². The first-order valence-electron chi connectivity index (χ1n) is 5.82. The summed E-state index contributed by atoms with van der Waals surface area (Å²) in [7, 11) is 0. The summed E-state index contributed by atoms with van der Waals surface area (Å²) < 4.78 is 2.03. The lowest BCUT2D eigenvalue weighted by molar-refractivity contribution is 0.569. The van der Waals surface area contributed by atoms with Gasteiger partial charge in [-0.25, -0.2) is 0 Å². The van der Waals surface area contributed by atoms with Crippen molar-refractivity contribution in [3.63, 3.8) is 0 Å². The fourth-order valence-corrected chi connectivity index (χ4v) is 3.54. The Kier molecular flexibility index (Phi) is 2.91. The highest BCUT2D eigenvalue weighted by atomic mass is 32.2. The van der Waals surface area contributed by atoms with Crippen LogP contribution < -0.4 is 5.73 Å². The van der Waals surface area contributed by atoms with Crippen molar-refractivity contribution in [2.45, 2.75) is 29.7 Å². The molecule has 0 bridgehead atoms. The molecule has 88 valence electrons. The van der Waals surface area contributed by atoms with Crippen LogP contribution in [0.25, 0.3) is 0 Å². The summed E-state index contributed by atoms with van der Waals surface area (Å²) in [5.74, 6) is 0. The molecule has 1 aromatic carbocycles. The molecule has 0 fully saturated rings. The van der Waals surface area contributed by atoms with Gasteiger partial charge in [-0.3, -0.25) is 4.68 Å². The van der Waals surface area contributed by atoms with Crippen molar-refractivity contribution in [3.8, 4) is 0 Å². The lowest BCUT2D eigenvalue weighted by Gasteiger charge is -2.11. The number of fused-ring (bicyclic) bond motifs is 1. The van der Waals surface area contributed by atoms with Gasteiger partial charge in [-0.05, 0) is 24.1 Å². The van der Waals surface area contributed by atoms with Crippen LogP contribution in [0.2, 0.25) is 0 Å². The average Bonchev–Trinajstić information content (AvgIpc) is 2.94. The first-order chi connectivity index (χ1) is 8.36. The lowest BCUT2D eigenvalue weighted by atomic mass is 10.1. The Bertz CT molecular complexity index is 496. The number of nitrogens with two attached hydrogens (primary N) is 1. The van der Waals surface area contributed by atoms with E-state index >= 15 is 0 Å². The normalized spacial score (nSPS) is 18.3. The SMILES string of the molecule is NCc1ccnn1CC1Cc2ccccc2S1. The minimum atomic E-state index is 0.560. The Morgan fingerprint density at radius 3 is 3.06 bits per heavy atom. The van der Waals surface area contributed by atoms with E-state index in [1.807, 2.05) is 28.7 Å². The first-order valence-corrected chi connectivity index (χ1v) is 6.70. The molecule has 0 radical (unpaired) electrons. The van der Waals surface area contributed by atoms with Crippen LogP contribution in [0.15, 0.2) is 41.4 Å². The number of rotatable bonds is 3. The van der Waals surface area contributed by atoms with E-state index in [9.17, 15) is 0 Å². The Labute approximate surface area is 105 Å². The zero-order valence-electron chi connectivity index (χ0n) is 9.54.